The third-order valence-corrected chi connectivity index (χ3v) is 4.53. The van der Waals surface area contributed by atoms with Crippen molar-refractivity contribution in [2.45, 2.75) is 18.9 Å². The number of hydrogen-bond acceptors (Lipinski definition) is 5. The van der Waals surface area contributed by atoms with E-state index in [1.807, 2.05) is 30.1 Å². The Morgan fingerprint density at radius 2 is 2.13 bits per heavy atom. The van der Waals surface area contributed by atoms with E-state index >= 15 is 0 Å². The molecule has 0 saturated carbocycles. The molecule has 122 valence electrons. The Labute approximate surface area is 141 Å². The van der Waals surface area contributed by atoms with Crippen molar-refractivity contribution in [3.05, 3.63) is 28.9 Å². The van der Waals surface area contributed by atoms with Crippen LogP contribution in [0.2, 0.25) is 0 Å². The van der Waals surface area contributed by atoms with Crippen LogP contribution in [-0.4, -0.2) is 47.9 Å². The average molecular weight is 354 g/mol. The fraction of sp³-hybridized carbons (Fsp3) is 0.286. The van der Waals surface area contributed by atoms with Crippen molar-refractivity contribution in [3.63, 3.8) is 0 Å². The van der Waals surface area contributed by atoms with Gasteiger partial charge in [0.25, 0.3) is 5.91 Å². The molecular weight excluding hydrogens is 340 g/mol. The Bertz CT molecular complexity index is 710. The van der Waals surface area contributed by atoms with Gasteiger partial charge in [0.2, 0.25) is 0 Å². The van der Waals surface area contributed by atoms with Gasteiger partial charge in [0.05, 0.1) is 4.91 Å². The minimum atomic E-state index is -1.28. The van der Waals surface area contributed by atoms with Gasteiger partial charge < -0.3 is 14.8 Å². The van der Waals surface area contributed by atoms with Gasteiger partial charge in [-0.05, 0) is 24.1 Å². The predicted octanol–water partition coefficient (Wildman–Crippen LogP) is 1.54. The van der Waals surface area contributed by atoms with Gasteiger partial charge in [-0.1, -0.05) is 24.0 Å². The van der Waals surface area contributed by atoms with E-state index < -0.39 is 23.9 Å². The molecule has 1 aliphatic heterocycles. The predicted molar refractivity (Wildman–Crippen MR) is 88.7 cm³/mol. The highest BCUT2D eigenvalue weighted by Crippen LogP contribution is 2.34. The van der Waals surface area contributed by atoms with Gasteiger partial charge in [-0.15, -0.1) is 0 Å². The smallest absolute Gasteiger partial charge is 0.326 e. The molecule has 1 amide bonds. The van der Waals surface area contributed by atoms with E-state index in [4.69, 9.17) is 17.3 Å². The zero-order chi connectivity index (χ0) is 17.1. The standard InChI is InChI=1S/C14H14N2O5S2/c1-15-5-4-8(7-15)6-10-12(19)16(14(22)23-10)9(13(20)21)2-3-11(17)18/h4-7,9H,2-3H2,1H3,(H,17,18)(H,20,21)/b10-6+. The summed E-state index contributed by atoms with van der Waals surface area (Å²) in [6.45, 7) is 0. The Kier molecular flexibility index (Phi) is 5.22. The Morgan fingerprint density at radius 1 is 1.43 bits per heavy atom. The highest BCUT2D eigenvalue weighted by Gasteiger charge is 2.40. The van der Waals surface area contributed by atoms with Crippen LogP contribution in [0, 0.1) is 0 Å². The van der Waals surface area contributed by atoms with E-state index in [2.05, 4.69) is 0 Å². The summed E-state index contributed by atoms with van der Waals surface area (Å²) in [7, 11) is 1.84. The average Bonchev–Trinajstić information content (AvgIpc) is 2.96. The molecule has 0 bridgehead atoms. The summed E-state index contributed by atoms with van der Waals surface area (Å²) >= 11 is 6.12. The SMILES string of the molecule is Cn1ccc(/C=C2/SC(=S)N(C(CCC(=O)O)C(=O)O)C2=O)c1. The first-order valence-corrected chi connectivity index (χ1v) is 7.85. The lowest BCUT2D eigenvalue weighted by molar-refractivity contribution is -0.146. The number of thioether (sulfide) groups is 1. The van der Waals surface area contributed by atoms with Crippen LogP contribution in [0.5, 0.6) is 0 Å². The van der Waals surface area contributed by atoms with Crippen LogP contribution in [0.4, 0.5) is 0 Å². The van der Waals surface area contributed by atoms with Gasteiger partial charge in [-0.3, -0.25) is 14.5 Å². The van der Waals surface area contributed by atoms with Crippen LogP contribution in [-0.2, 0) is 21.4 Å². The molecule has 1 aromatic heterocycles. The van der Waals surface area contributed by atoms with Crippen molar-refractivity contribution >= 4 is 52.2 Å². The summed E-state index contributed by atoms with van der Waals surface area (Å²) in [4.78, 5) is 35.8. The number of carboxylic acids is 2. The number of amides is 1. The zero-order valence-electron chi connectivity index (χ0n) is 12.1. The van der Waals surface area contributed by atoms with Crippen LogP contribution in [0.25, 0.3) is 6.08 Å². The molecule has 7 nitrogen and oxygen atoms in total. The molecule has 1 atom stereocenters. The maximum Gasteiger partial charge on any atom is 0.326 e. The van der Waals surface area contributed by atoms with Gasteiger partial charge in [0, 0.05) is 25.9 Å². The van der Waals surface area contributed by atoms with Crippen LogP contribution >= 0.6 is 24.0 Å². The van der Waals surface area contributed by atoms with E-state index in [9.17, 15) is 19.5 Å². The minimum absolute atomic E-state index is 0.120. The summed E-state index contributed by atoms with van der Waals surface area (Å²) in [6.07, 6.45) is 4.71. The Morgan fingerprint density at radius 3 is 2.65 bits per heavy atom. The van der Waals surface area contributed by atoms with Crippen molar-refractivity contribution in [1.82, 2.24) is 9.47 Å². The number of aromatic nitrogens is 1. The van der Waals surface area contributed by atoms with Crippen LogP contribution < -0.4 is 0 Å². The summed E-state index contributed by atoms with van der Waals surface area (Å²) in [5.41, 5.74) is 0.797. The number of aryl methyl sites for hydroxylation is 1. The van der Waals surface area contributed by atoms with Crippen molar-refractivity contribution in [2.24, 2.45) is 7.05 Å². The molecule has 2 rings (SSSR count). The quantitative estimate of drug-likeness (QED) is 0.590. The lowest BCUT2D eigenvalue weighted by Gasteiger charge is -2.22. The highest BCUT2D eigenvalue weighted by atomic mass is 32.2. The molecular formula is C14H14N2O5S2. The van der Waals surface area contributed by atoms with Gasteiger partial charge >= 0.3 is 11.9 Å². The number of carbonyl (C=O) groups excluding carboxylic acids is 1. The number of aliphatic carboxylic acids is 2. The van der Waals surface area contributed by atoms with Gasteiger partial charge in [0.1, 0.15) is 10.4 Å². The summed E-state index contributed by atoms with van der Waals surface area (Å²) in [5, 5.41) is 18.0. The molecule has 0 radical (unpaired) electrons. The molecule has 1 aromatic rings. The lowest BCUT2D eigenvalue weighted by Crippen LogP contribution is -2.44. The third-order valence-electron chi connectivity index (χ3n) is 3.20. The number of hydrogen-bond donors (Lipinski definition) is 2. The van der Waals surface area contributed by atoms with Crippen LogP contribution in [0.1, 0.15) is 18.4 Å². The number of rotatable bonds is 6. The van der Waals surface area contributed by atoms with Gasteiger partial charge in [0.15, 0.2) is 0 Å². The molecule has 1 unspecified atom stereocenters. The summed E-state index contributed by atoms with van der Waals surface area (Å²) in [6, 6.07) is 0.534. The Balaban J connectivity index is 2.24. The normalized spacial score (nSPS) is 17.8. The number of carboxylic acid groups (broad SMARTS) is 2. The van der Waals surface area contributed by atoms with Crippen molar-refractivity contribution in [2.75, 3.05) is 0 Å². The molecule has 9 heteroatoms. The summed E-state index contributed by atoms with van der Waals surface area (Å²) < 4.78 is 1.94. The maximum absolute atomic E-state index is 12.4. The maximum atomic E-state index is 12.4. The summed E-state index contributed by atoms with van der Waals surface area (Å²) in [5.74, 6) is -2.91. The largest absolute Gasteiger partial charge is 0.481 e. The van der Waals surface area contributed by atoms with Gasteiger partial charge in [-0.25, -0.2) is 4.79 Å². The molecule has 2 heterocycles. The molecule has 1 saturated heterocycles. The Hall–Kier alpha value is -2.13. The van der Waals surface area contributed by atoms with E-state index in [0.29, 0.717) is 4.91 Å². The van der Waals surface area contributed by atoms with E-state index in [1.54, 1.807) is 6.08 Å². The number of carbonyl (C=O) groups is 3. The first-order valence-electron chi connectivity index (χ1n) is 6.63. The third kappa shape index (κ3) is 3.99. The number of thiocarbonyl (C=S) groups is 1. The monoisotopic (exact) mass is 354 g/mol. The van der Waals surface area contributed by atoms with Crippen molar-refractivity contribution < 1.29 is 24.6 Å². The molecule has 23 heavy (non-hydrogen) atoms. The van der Waals surface area contributed by atoms with Crippen molar-refractivity contribution in [1.29, 1.82) is 0 Å². The van der Waals surface area contributed by atoms with Crippen molar-refractivity contribution in [3.8, 4) is 0 Å². The fourth-order valence-electron chi connectivity index (χ4n) is 2.13. The van der Waals surface area contributed by atoms with Crippen LogP contribution in [0.3, 0.4) is 0 Å². The van der Waals surface area contributed by atoms with E-state index in [1.165, 1.54) is 0 Å². The lowest BCUT2D eigenvalue weighted by atomic mass is 10.1. The molecule has 2 N–H and O–H groups in total. The molecule has 0 aliphatic carbocycles. The second kappa shape index (κ2) is 6.97. The van der Waals surface area contributed by atoms with Gasteiger partial charge in [-0.2, -0.15) is 0 Å². The second-order valence-electron chi connectivity index (χ2n) is 4.95. The zero-order valence-corrected chi connectivity index (χ0v) is 13.8. The van der Waals surface area contributed by atoms with E-state index in [0.717, 1.165) is 22.2 Å². The minimum Gasteiger partial charge on any atom is -0.481 e. The highest BCUT2D eigenvalue weighted by molar-refractivity contribution is 8.26. The van der Waals surface area contributed by atoms with E-state index in [-0.39, 0.29) is 17.2 Å². The second-order valence-corrected chi connectivity index (χ2v) is 6.62. The molecule has 1 fully saturated rings. The molecule has 0 aromatic carbocycles. The first-order chi connectivity index (χ1) is 10.8. The topological polar surface area (TPSA) is 99.8 Å². The fourth-order valence-corrected chi connectivity index (χ4v) is 3.49. The number of nitrogens with zero attached hydrogens (tertiary/aromatic N) is 2. The van der Waals surface area contributed by atoms with Crippen LogP contribution in [0.15, 0.2) is 23.4 Å². The molecule has 1 aliphatic rings. The molecule has 0 spiro atoms. The first kappa shape index (κ1) is 17.2.